The number of hydrogen-bond donors (Lipinski definition) is 0. The molecule has 10 rings (SSSR count). The van der Waals surface area contributed by atoms with E-state index in [1.165, 1.54) is 88.5 Å². The van der Waals surface area contributed by atoms with Crippen LogP contribution in [0.2, 0.25) is 0 Å². The fourth-order valence-corrected chi connectivity index (χ4v) is 9.13. The number of benzene rings is 8. The molecule has 0 fully saturated rings. The molecule has 2 heteroatoms. The summed E-state index contributed by atoms with van der Waals surface area (Å²) in [7, 11) is 0. The van der Waals surface area contributed by atoms with Crippen LogP contribution >= 0.6 is 0 Å². The van der Waals surface area contributed by atoms with Crippen molar-refractivity contribution in [3.63, 3.8) is 0 Å². The van der Waals surface area contributed by atoms with Crippen LogP contribution in [0.4, 0.5) is 17.1 Å². The minimum atomic E-state index is -0.143. The Morgan fingerprint density at radius 1 is 0.491 bits per heavy atom. The predicted molar refractivity (Wildman–Crippen MR) is 235 cm³/mol. The van der Waals surface area contributed by atoms with Crippen molar-refractivity contribution in [1.29, 1.82) is 0 Å². The molecule has 0 amide bonds. The second-order valence-electron chi connectivity index (χ2n) is 15.4. The van der Waals surface area contributed by atoms with Crippen LogP contribution in [0.1, 0.15) is 47.4 Å². The Morgan fingerprint density at radius 3 is 1.62 bits per heavy atom. The van der Waals surface area contributed by atoms with Crippen LogP contribution in [0, 0.1) is 13.8 Å². The molecule has 0 saturated heterocycles. The summed E-state index contributed by atoms with van der Waals surface area (Å²) in [5.41, 5.74) is 16.3. The maximum Gasteiger partial charge on any atom is 0.0618 e. The van der Waals surface area contributed by atoms with E-state index in [0.29, 0.717) is 0 Å². The molecule has 0 spiro atoms. The molecule has 0 radical (unpaired) electrons. The molecule has 0 saturated carbocycles. The molecular weight excluding hydrogens is 665 g/mol. The molecule has 0 unspecified atom stereocenters. The van der Waals surface area contributed by atoms with Gasteiger partial charge in [0.2, 0.25) is 0 Å². The zero-order chi connectivity index (χ0) is 37.3. The highest BCUT2D eigenvalue weighted by Crippen LogP contribution is 2.51. The Hall–Kier alpha value is -6.64. The van der Waals surface area contributed by atoms with Crippen molar-refractivity contribution in [3.8, 4) is 16.8 Å². The third-order valence-electron chi connectivity index (χ3n) is 12.0. The molecule has 1 aromatic heterocycles. The van der Waals surface area contributed by atoms with Crippen molar-refractivity contribution < 1.29 is 0 Å². The van der Waals surface area contributed by atoms with Crippen molar-refractivity contribution in [1.82, 2.24) is 4.57 Å². The van der Waals surface area contributed by atoms with Gasteiger partial charge in [-0.1, -0.05) is 147 Å². The number of rotatable bonds is 6. The van der Waals surface area contributed by atoms with Crippen LogP contribution in [0.3, 0.4) is 0 Å². The lowest BCUT2D eigenvalue weighted by atomic mass is 9.81. The summed E-state index contributed by atoms with van der Waals surface area (Å²) in [6, 6.07) is 61.9. The Bertz CT molecular complexity index is 2850. The van der Waals surface area contributed by atoms with Gasteiger partial charge in [-0.3, -0.25) is 0 Å². The molecule has 0 aliphatic heterocycles. The first-order chi connectivity index (χ1) is 26.9. The van der Waals surface area contributed by atoms with Crippen LogP contribution in [-0.4, -0.2) is 4.57 Å². The second kappa shape index (κ2) is 12.7. The van der Waals surface area contributed by atoms with Crippen molar-refractivity contribution in [2.24, 2.45) is 0 Å². The molecular formula is C53H42N2. The Morgan fingerprint density at radius 2 is 1.02 bits per heavy atom. The van der Waals surface area contributed by atoms with Gasteiger partial charge in [-0.05, 0) is 112 Å². The molecule has 0 atom stereocenters. The molecule has 8 aromatic carbocycles. The number of aromatic nitrogens is 1. The van der Waals surface area contributed by atoms with Gasteiger partial charge in [0.25, 0.3) is 0 Å². The third-order valence-corrected chi connectivity index (χ3v) is 12.0. The Balaban J connectivity index is 1.11. The highest BCUT2D eigenvalue weighted by molar-refractivity contribution is 6.19. The van der Waals surface area contributed by atoms with Crippen LogP contribution in [0.15, 0.2) is 170 Å². The number of aryl methyl sites for hydroxylation is 1. The molecule has 9 aromatic rings. The van der Waals surface area contributed by atoms with E-state index >= 15 is 0 Å². The molecule has 2 nitrogen and oxygen atoms in total. The van der Waals surface area contributed by atoms with E-state index < -0.39 is 0 Å². The molecule has 1 aliphatic carbocycles. The van der Waals surface area contributed by atoms with E-state index in [1.54, 1.807) is 0 Å². The maximum atomic E-state index is 2.46. The first-order valence-corrected chi connectivity index (χ1v) is 19.3. The molecule has 0 bridgehead atoms. The van der Waals surface area contributed by atoms with E-state index in [1.807, 2.05) is 0 Å². The highest BCUT2D eigenvalue weighted by Gasteiger charge is 2.36. The number of anilines is 3. The van der Waals surface area contributed by atoms with Gasteiger partial charge in [-0.2, -0.15) is 0 Å². The van der Waals surface area contributed by atoms with Crippen molar-refractivity contribution in [2.45, 2.75) is 33.1 Å². The maximum absolute atomic E-state index is 2.46. The fourth-order valence-electron chi connectivity index (χ4n) is 9.13. The lowest BCUT2D eigenvalue weighted by Gasteiger charge is -2.29. The molecule has 1 heterocycles. The zero-order valence-electron chi connectivity index (χ0n) is 31.7. The summed E-state index contributed by atoms with van der Waals surface area (Å²) in [6.07, 6.45) is 4.65. The summed E-state index contributed by atoms with van der Waals surface area (Å²) in [4.78, 5) is 2.41. The number of nitrogens with zero attached hydrogens (tertiary/aromatic N) is 2. The van der Waals surface area contributed by atoms with Crippen LogP contribution in [-0.2, 0) is 5.41 Å². The van der Waals surface area contributed by atoms with Gasteiger partial charge in [-0.15, -0.1) is 0 Å². The number of fused-ring (bicyclic) bond motifs is 6. The van der Waals surface area contributed by atoms with E-state index in [9.17, 15) is 0 Å². The first-order valence-electron chi connectivity index (χ1n) is 19.3. The van der Waals surface area contributed by atoms with E-state index in [4.69, 9.17) is 0 Å². The first kappa shape index (κ1) is 33.0. The fraction of sp³-hybridized carbons (Fsp3) is 0.0943. The van der Waals surface area contributed by atoms with E-state index in [-0.39, 0.29) is 5.41 Å². The van der Waals surface area contributed by atoms with Crippen LogP contribution in [0.25, 0.3) is 61.4 Å². The van der Waals surface area contributed by atoms with Crippen LogP contribution < -0.4 is 4.90 Å². The van der Waals surface area contributed by atoms with Gasteiger partial charge < -0.3 is 9.47 Å². The highest BCUT2D eigenvalue weighted by atomic mass is 15.1. The average Bonchev–Trinajstić information content (AvgIpc) is 3.61. The van der Waals surface area contributed by atoms with Crippen molar-refractivity contribution >= 4 is 61.7 Å². The minimum Gasteiger partial charge on any atom is -0.314 e. The Kier molecular flexibility index (Phi) is 7.64. The van der Waals surface area contributed by atoms with Gasteiger partial charge >= 0.3 is 0 Å². The van der Waals surface area contributed by atoms with Gasteiger partial charge in [-0.25, -0.2) is 0 Å². The van der Waals surface area contributed by atoms with E-state index in [2.05, 4.69) is 219 Å². The quantitative estimate of drug-likeness (QED) is 0.123. The van der Waals surface area contributed by atoms with Gasteiger partial charge in [0.05, 0.1) is 11.2 Å². The lowest BCUT2D eigenvalue weighted by molar-refractivity contribution is 0.660. The van der Waals surface area contributed by atoms with Gasteiger partial charge in [0.15, 0.2) is 0 Å². The summed E-state index contributed by atoms with van der Waals surface area (Å²) in [6.45, 7) is 9.28. The van der Waals surface area contributed by atoms with E-state index in [0.717, 1.165) is 11.4 Å². The molecule has 264 valence electrons. The summed E-state index contributed by atoms with van der Waals surface area (Å²) in [5, 5.41) is 6.23. The van der Waals surface area contributed by atoms with Gasteiger partial charge in [0.1, 0.15) is 0 Å². The molecule has 55 heavy (non-hydrogen) atoms. The largest absolute Gasteiger partial charge is 0.314 e. The van der Waals surface area contributed by atoms with Crippen LogP contribution in [0.5, 0.6) is 0 Å². The smallest absolute Gasteiger partial charge is 0.0618 e. The van der Waals surface area contributed by atoms with Crippen molar-refractivity contribution in [2.75, 3.05) is 4.90 Å². The predicted octanol–water partition coefficient (Wildman–Crippen LogP) is 14.5. The SMILES string of the molecule is Cc1c(C)n(-c2ccccc2)c2cc3c(cc12)-c1ccc(C=Cc2c4ccccc4c(N(c4ccccc4)c4ccccc4)c4ccccc24)cc1C3(C)C. The molecule has 1 aliphatic rings. The summed E-state index contributed by atoms with van der Waals surface area (Å²) < 4.78 is 2.43. The normalized spacial score (nSPS) is 13.2. The summed E-state index contributed by atoms with van der Waals surface area (Å²) >= 11 is 0. The van der Waals surface area contributed by atoms with Crippen molar-refractivity contribution in [3.05, 3.63) is 203 Å². The zero-order valence-corrected chi connectivity index (χ0v) is 31.7. The number of hydrogen-bond acceptors (Lipinski definition) is 1. The molecule has 0 N–H and O–H groups in total. The average molecular weight is 707 g/mol. The lowest BCUT2D eigenvalue weighted by Crippen LogP contribution is -2.15. The Labute approximate surface area is 323 Å². The number of para-hydroxylation sites is 3. The minimum absolute atomic E-state index is 0.143. The summed E-state index contributed by atoms with van der Waals surface area (Å²) in [5.74, 6) is 0. The monoisotopic (exact) mass is 706 g/mol. The second-order valence-corrected chi connectivity index (χ2v) is 15.4. The topological polar surface area (TPSA) is 8.17 Å². The van der Waals surface area contributed by atoms with Gasteiger partial charge in [0, 0.05) is 44.3 Å². The standard InChI is InChI=1S/C53H42N2/c1-35-36(2)54(38-18-8-5-9-19-38)51-34-50-48(33-47(35)51)44-31-29-37(32-49(44)53(50,3)4)28-30-43-41-24-14-16-26-45(41)52(46-27-17-15-25-42(43)46)55(39-20-10-6-11-21-39)40-22-12-7-13-23-40/h5-34H,1-4H3. The third kappa shape index (κ3) is 5.16.